The zero-order chi connectivity index (χ0) is 18.4. The van der Waals surface area contributed by atoms with Crippen molar-refractivity contribution in [2.75, 3.05) is 17.2 Å². The van der Waals surface area contributed by atoms with Gasteiger partial charge in [-0.3, -0.25) is 4.79 Å². The molecule has 1 heterocycles. The molecule has 132 valence electrons. The highest BCUT2D eigenvalue weighted by Crippen LogP contribution is 2.20. The standard InChI is InChI=1S/C20H20N4O2/c1-3-26-18-9-7-16(8-10-18)22-19-11-12-21-20(24-19)23-17-6-4-5-15(13-17)14(2)25/h4-13H,3H2,1-2H3,(H2,21,22,23,24). The molecule has 26 heavy (non-hydrogen) atoms. The van der Waals surface area contributed by atoms with Crippen molar-refractivity contribution in [3.63, 3.8) is 0 Å². The first-order valence-electron chi connectivity index (χ1n) is 8.35. The third-order valence-electron chi connectivity index (χ3n) is 3.62. The van der Waals surface area contributed by atoms with Gasteiger partial charge in [0.1, 0.15) is 11.6 Å². The zero-order valence-electron chi connectivity index (χ0n) is 14.7. The Labute approximate surface area is 152 Å². The minimum absolute atomic E-state index is 0.0143. The number of carbonyl (C=O) groups is 1. The van der Waals surface area contributed by atoms with E-state index in [0.717, 1.165) is 17.1 Å². The second-order valence-electron chi connectivity index (χ2n) is 5.61. The smallest absolute Gasteiger partial charge is 0.229 e. The normalized spacial score (nSPS) is 10.2. The number of benzene rings is 2. The van der Waals surface area contributed by atoms with Crippen LogP contribution in [0, 0.1) is 0 Å². The molecule has 2 aromatic carbocycles. The van der Waals surface area contributed by atoms with Crippen LogP contribution in [-0.2, 0) is 0 Å². The van der Waals surface area contributed by atoms with Crippen LogP contribution in [0.2, 0.25) is 0 Å². The van der Waals surface area contributed by atoms with Crippen LogP contribution in [0.25, 0.3) is 0 Å². The van der Waals surface area contributed by atoms with Crippen LogP contribution in [0.5, 0.6) is 5.75 Å². The van der Waals surface area contributed by atoms with Gasteiger partial charge in [0.25, 0.3) is 0 Å². The highest BCUT2D eigenvalue weighted by molar-refractivity contribution is 5.95. The molecular weight excluding hydrogens is 328 g/mol. The van der Waals surface area contributed by atoms with Crippen molar-refractivity contribution in [3.05, 3.63) is 66.4 Å². The van der Waals surface area contributed by atoms with Crippen LogP contribution >= 0.6 is 0 Å². The summed E-state index contributed by atoms with van der Waals surface area (Å²) in [5.74, 6) is 1.95. The van der Waals surface area contributed by atoms with Gasteiger partial charge in [0.2, 0.25) is 5.95 Å². The fraction of sp³-hybridized carbons (Fsp3) is 0.150. The fourth-order valence-corrected chi connectivity index (χ4v) is 2.38. The summed E-state index contributed by atoms with van der Waals surface area (Å²) in [4.78, 5) is 20.2. The van der Waals surface area contributed by atoms with E-state index in [1.54, 1.807) is 24.4 Å². The first kappa shape index (κ1) is 17.4. The lowest BCUT2D eigenvalue weighted by atomic mass is 10.1. The molecular formula is C20H20N4O2. The molecule has 2 N–H and O–H groups in total. The van der Waals surface area contributed by atoms with Gasteiger partial charge in [0.05, 0.1) is 6.61 Å². The summed E-state index contributed by atoms with van der Waals surface area (Å²) in [6.45, 7) is 4.13. The first-order valence-corrected chi connectivity index (χ1v) is 8.35. The maximum atomic E-state index is 11.5. The molecule has 0 aliphatic heterocycles. The molecule has 0 atom stereocenters. The van der Waals surface area contributed by atoms with Gasteiger partial charge >= 0.3 is 0 Å². The Balaban J connectivity index is 1.71. The van der Waals surface area contributed by atoms with Crippen LogP contribution in [0.1, 0.15) is 24.2 Å². The van der Waals surface area contributed by atoms with E-state index in [1.807, 2.05) is 43.3 Å². The van der Waals surface area contributed by atoms with Gasteiger partial charge in [-0.15, -0.1) is 0 Å². The lowest BCUT2D eigenvalue weighted by molar-refractivity contribution is 0.101. The molecule has 3 aromatic rings. The Morgan fingerprint density at radius 1 is 1.04 bits per heavy atom. The number of nitrogens with zero attached hydrogens (tertiary/aromatic N) is 2. The summed E-state index contributed by atoms with van der Waals surface area (Å²) in [5.41, 5.74) is 2.30. The molecule has 1 aromatic heterocycles. The molecule has 0 aliphatic carbocycles. The number of ketones is 1. The third-order valence-corrected chi connectivity index (χ3v) is 3.62. The maximum absolute atomic E-state index is 11.5. The topological polar surface area (TPSA) is 76.1 Å². The van der Waals surface area contributed by atoms with E-state index < -0.39 is 0 Å². The van der Waals surface area contributed by atoms with Crippen molar-refractivity contribution in [1.82, 2.24) is 9.97 Å². The highest BCUT2D eigenvalue weighted by Gasteiger charge is 2.04. The summed E-state index contributed by atoms with van der Waals surface area (Å²) in [6, 6.07) is 16.7. The Kier molecular flexibility index (Phi) is 5.43. The Bertz CT molecular complexity index is 894. The van der Waals surface area contributed by atoms with Gasteiger partial charge in [-0.1, -0.05) is 12.1 Å². The van der Waals surface area contributed by atoms with E-state index in [-0.39, 0.29) is 5.78 Å². The molecule has 0 amide bonds. The van der Waals surface area contributed by atoms with E-state index in [2.05, 4.69) is 20.6 Å². The maximum Gasteiger partial charge on any atom is 0.229 e. The number of hydrogen-bond donors (Lipinski definition) is 2. The number of ether oxygens (including phenoxy) is 1. The summed E-state index contributed by atoms with van der Waals surface area (Å²) >= 11 is 0. The minimum atomic E-state index is 0.0143. The van der Waals surface area contributed by atoms with Crippen molar-refractivity contribution in [2.45, 2.75) is 13.8 Å². The second kappa shape index (κ2) is 8.11. The largest absolute Gasteiger partial charge is 0.494 e. The van der Waals surface area contributed by atoms with Crippen molar-refractivity contribution < 1.29 is 9.53 Å². The summed E-state index contributed by atoms with van der Waals surface area (Å²) in [5, 5.41) is 6.34. The predicted molar refractivity (Wildman–Crippen MR) is 103 cm³/mol. The molecule has 0 unspecified atom stereocenters. The first-order chi connectivity index (χ1) is 12.6. The number of aromatic nitrogens is 2. The average Bonchev–Trinajstić information content (AvgIpc) is 2.64. The summed E-state index contributed by atoms with van der Waals surface area (Å²) in [6.07, 6.45) is 1.67. The van der Waals surface area contributed by atoms with Gasteiger partial charge in [0, 0.05) is 23.1 Å². The lowest BCUT2D eigenvalue weighted by Crippen LogP contribution is -2.01. The molecule has 0 saturated carbocycles. The van der Waals surface area contributed by atoms with Gasteiger partial charge in [-0.2, -0.15) is 4.98 Å². The molecule has 0 fully saturated rings. The molecule has 0 aliphatic rings. The van der Waals surface area contributed by atoms with Crippen LogP contribution in [-0.4, -0.2) is 22.4 Å². The monoisotopic (exact) mass is 348 g/mol. The number of Topliss-reactive ketones (excluding diaryl/α,β-unsaturated/α-hetero) is 1. The van der Waals surface area contributed by atoms with Crippen molar-refractivity contribution in [2.24, 2.45) is 0 Å². The van der Waals surface area contributed by atoms with Gasteiger partial charge < -0.3 is 15.4 Å². The van der Waals surface area contributed by atoms with Crippen LogP contribution in [0.3, 0.4) is 0 Å². The highest BCUT2D eigenvalue weighted by atomic mass is 16.5. The van der Waals surface area contributed by atoms with Gasteiger partial charge in [-0.25, -0.2) is 4.98 Å². The summed E-state index contributed by atoms with van der Waals surface area (Å²) in [7, 11) is 0. The number of rotatable bonds is 7. The Morgan fingerprint density at radius 3 is 2.58 bits per heavy atom. The van der Waals surface area contributed by atoms with E-state index in [4.69, 9.17) is 4.74 Å². The van der Waals surface area contributed by atoms with Gasteiger partial charge in [0.15, 0.2) is 5.78 Å². The minimum Gasteiger partial charge on any atom is -0.494 e. The molecule has 0 radical (unpaired) electrons. The number of carbonyl (C=O) groups excluding carboxylic acids is 1. The van der Waals surface area contributed by atoms with Crippen molar-refractivity contribution in [3.8, 4) is 5.75 Å². The van der Waals surface area contributed by atoms with Gasteiger partial charge in [-0.05, 0) is 56.3 Å². The van der Waals surface area contributed by atoms with Crippen molar-refractivity contribution in [1.29, 1.82) is 0 Å². The SMILES string of the molecule is CCOc1ccc(Nc2ccnc(Nc3cccc(C(C)=O)c3)n2)cc1. The number of anilines is 4. The third kappa shape index (κ3) is 4.57. The average molecular weight is 348 g/mol. The number of hydrogen-bond acceptors (Lipinski definition) is 6. The van der Waals surface area contributed by atoms with Crippen LogP contribution < -0.4 is 15.4 Å². The van der Waals surface area contributed by atoms with Crippen LogP contribution in [0.15, 0.2) is 60.8 Å². The van der Waals surface area contributed by atoms with E-state index in [0.29, 0.717) is 23.9 Å². The molecule has 6 heteroatoms. The number of nitrogens with one attached hydrogen (secondary N) is 2. The lowest BCUT2D eigenvalue weighted by Gasteiger charge is -2.10. The van der Waals surface area contributed by atoms with Crippen LogP contribution in [0.4, 0.5) is 23.1 Å². The molecule has 0 saturated heterocycles. The molecule has 0 bridgehead atoms. The molecule has 0 spiro atoms. The predicted octanol–water partition coefficient (Wildman–Crippen LogP) is 4.57. The van der Waals surface area contributed by atoms with E-state index in [1.165, 1.54) is 6.92 Å². The molecule has 3 rings (SSSR count). The summed E-state index contributed by atoms with van der Waals surface area (Å²) < 4.78 is 5.44. The quantitative estimate of drug-likeness (QED) is 0.609. The molecule has 6 nitrogen and oxygen atoms in total. The second-order valence-corrected chi connectivity index (χ2v) is 5.61. The Hall–Kier alpha value is -3.41. The van der Waals surface area contributed by atoms with E-state index in [9.17, 15) is 4.79 Å². The van der Waals surface area contributed by atoms with E-state index >= 15 is 0 Å². The fourth-order valence-electron chi connectivity index (χ4n) is 2.38. The van der Waals surface area contributed by atoms with Crippen molar-refractivity contribution >= 4 is 28.9 Å². The zero-order valence-corrected chi connectivity index (χ0v) is 14.7. The Morgan fingerprint density at radius 2 is 1.85 bits per heavy atom.